The van der Waals surface area contributed by atoms with Crippen LogP contribution in [0.3, 0.4) is 0 Å². The Labute approximate surface area is 139 Å². The second-order valence-electron chi connectivity index (χ2n) is 4.99. The molecule has 1 aromatic heterocycles. The van der Waals surface area contributed by atoms with Crippen molar-refractivity contribution in [1.82, 2.24) is 4.98 Å². The molecule has 1 amide bonds. The lowest BCUT2D eigenvalue weighted by Gasteiger charge is -2.14. The van der Waals surface area contributed by atoms with E-state index in [1.807, 2.05) is 37.3 Å². The Morgan fingerprint density at radius 3 is 2.65 bits per heavy atom. The molecule has 5 nitrogen and oxygen atoms in total. The average Bonchev–Trinajstić information content (AvgIpc) is 2.96. The Bertz CT molecular complexity index is 655. The summed E-state index contributed by atoms with van der Waals surface area (Å²) in [6.07, 6.45) is 0.826. The summed E-state index contributed by atoms with van der Waals surface area (Å²) in [6, 6.07) is 9.67. The standard InChI is InChI=1S/C17H20N2O3S/c1-3-14(12-8-6-5-7-9-12)16(21)19-17-18-13(11-23-17)10-15(20)22-4-2/h5-9,11,14H,3-4,10H2,1-2H3,(H,18,19,21). The molecule has 0 radical (unpaired) electrons. The van der Waals surface area contributed by atoms with Gasteiger partial charge in [-0.15, -0.1) is 11.3 Å². The fraction of sp³-hybridized carbons (Fsp3) is 0.353. The molecule has 1 aromatic carbocycles. The van der Waals surface area contributed by atoms with Crippen molar-refractivity contribution in [3.63, 3.8) is 0 Å². The van der Waals surface area contributed by atoms with E-state index in [2.05, 4.69) is 10.3 Å². The van der Waals surface area contributed by atoms with Crippen molar-refractivity contribution < 1.29 is 14.3 Å². The van der Waals surface area contributed by atoms with Gasteiger partial charge in [-0.1, -0.05) is 37.3 Å². The van der Waals surface area contributed by atoms with Gasteiger partial charge in [0.15, 0.2) is 5.13 Å². The highest BCUT2D eigenvalue weighted by atomic mass is 32.1. The number of aromatic nitrogens is 1. The van der Waals surface area contributed by atoms with Gasteiger partial charge in [0.2, 0.25) is 5.91 Å². The molecule has 0 aliphatic heterocycles. The molecule has 0 aliphatic carbocycles. The second kappa shape index (κ2) is 8.43. The van der Waals surface area contributed by atoms with Gasteiger partial charge in [-0.3, -0.25) is 9.59 Å². The van der Waals surface area contributed by atoms with E-state index >= 15 is 0 Å². The van der Waals surface area contributed by atoms with E-state index in [9.17, 15) is 9.59 Å². The zero-order valence-corrected chi connectivity index (χ0v) is 14.1. The Morgan fingerprint density at radius 2 is 2.00 bits per heavy atom. The number of thiazole rings is 1. The van der Waals surface area contributed by atoms with Crippen molar-refractivity contribution in [1.29, 1.82) is 0 Å². The molecule has 0 bridgehead atoms. The zero-order valence-electron chi connectivity index (χ0n) is 13.2. The van der Waals surface area contributed by atoms with E-state index in [1.54, 1.807) is 12.3 Å². The van der Waals surface area contributed by atoms with E-state index in [1.165, 1.54) is 11.3 Å². The topological polar surface area (TPSA) is 68.3 Å². The molecule has 1 heterocycles. The number of anilines is 1. The summed E-state index contributed by atoms with van der Waals surface area (Å²) in [5, 5.41) is 5.10. The fourth-order valence-corrected chi connectivity index (χ4v) is 2.97. The molecule has 2 rings (SSSR count). The maximum Gasteiger partial charge on any atom is 0.311 e. The number of carbonyl (C=O) groups excluding carboxylic acids is 2. The van der Waals surface area contributed by atoms with Crippen LogP contribution in [0.5, 0.6) is 0 Å². The average molecular weight is 332 g/mol. The molecular weight excluding hydrogens is 312 g/mol. The quantitative estimate of drug-likeness (QED) is 0.789. The monoisotopic (exact) mass is 332 g/mol. The summed E-state index contributed by atoms with van der Waals surface area (Å²) < 4.78 is 4.89. The number of hydrogen-bond donors (Lipinski definition) is 1. The Kier molecular flexibility index (Phi) is 6.29. The molecule has 2 aromatic rings. The second-order valence-corrected chi connectivity index (χ2v) is 5.84. The summed E-state index contributed by atoms with van der Waals surface area (Å²) in [7, 11) is 0. The lowest BCUT2D eigenvalue weighted by molar-refractivity contribution is -0.142. The predicted octanol–water partition coefficient (Wildman–Crippen LogP) is 3.38. The summed E-state index contributed by atoms with van der Waals surface area (Å²) in [6.45, 7) is 4.09. The molecule has 23 heavy (non-hydrogen) atoms. The summed E-state index contributed by atoms with van der Waals surface area (Å²) in [4.78, 5) is 28.1. The number of esters is 1. The number of ether oxygens (including phenoxy) is 1. The minimum Gasteiger partial charge on any atom is -0.466 e. The third-order valence-corrected chi connectivity index (χ3v) is 4.15. The predicted molar refractivity (Wildman–Crippen MR) is 90.6 cm³/mol. The van der Waals surface area contributed by atoms with Crippen LogP contribution in [0.2, 0.25) is 0 Å². The van der Waals surface area contributed by atoms with E-state index in [0.29, 0.717) is 23.9 Å². The van der Waals surface area contributed by atoms with Gasteiger partial charge in [-0.05, 0) is 18.9 Å². The lowest BCUT2D eigenvalue weighted by atomic mass is 9.96. The highest BCUT2D eigenvalue weighted by Crippen LogP contribution is 2.23. The molecular formula is C17H20N2O3S. The number of nitrogens with one attached hydrogen (secondary N) is 1. The Hall–Kier alpha value is -2.21. The van der Waals surface area contributed by atoms with Crippen LogP contribution in [0.25, 0.3) is 0 Å². The number of rotatable bonds is 7. The molecule has 122 valence electrons. The van der Waals surface area contributed by atoms with Crippen molar-refractivity contribution in [2.24, 2.45) is 0 Å². The smallest absolute Gasteiger partial charge is 0.311 e. The summed E-state index contributed by atoms with van der Waals surface area (Å²) in [5.41, 5.74) is 1.59. The van der Waals surface area contributed by atoms with Crippen LogP contribution < -0.4 is 5.32 Å². The Balaban J connectivity index is 2.00. The minimum atomic E-state index is -0.314. The minimum absolute atomic E-state index is 0.0873. The molecule has 1 atom stereocenters. The van der Waals surface area contributed by atoms with Crippen LogP contribution in [0, 0.1) is 0 Å². The van der Waals surface area contributed by atoms with E-state index in [4.69, 9.17) is 4.74 Å². The highest BCUT2D eigenvalue weighted by molar-refractivity contribution is 7.13. The molecule has 0 saturated carbocycles. The molecule has 6 heteroatoms. The maximum atomic E-state index is 12.4. The van der Waals surface area contributed by atoms with Crippen LogP contribution in [0.15, 0.2) is 35.7 Å². The third-order valence-electron chi connectivity index (χ3n) is 3.34. The van der Waals surface area contributed by atoms with E-state index in [-0.39, 0.29) is 24.2 Å². The van der Waals surface area contributed by atoms with Crippen molar-refractivity contribution >= 4 is 28.3 Å². The van der Waals surface area contributed by atoms with Gasteiger partial charge in [-0.25, -0.2) is 4.98 Å². The number of hydrogen-bond acceptors (Lipinski definition) is 5. The van der Waals surface area contributed by atoms with Crippen molar-refractivity contribution in [2.45, 2.75) is 32.6 Å². The van der Waals surface area contributed by atoms with Gasteiger partial charge in [0.05, 0.1) is 24.6 Å². The third kappa shape index (κ3) is 4.89. The summed E-state index contributed by atoms with van der Waals surface area (Å²) in [5.74, 6) is -0.615. The number of benzene rings is 1. The molecule has 0 spiro atoms. The van der Waals surface area contributed by atoms with Gasteiger partial charge in [-0.2, -0.15) is 0 Å². The van der Waals surface area contributed by atoms with Gasteiger partial charge >= 0.3 is 5.97 Å². The van der Waals surface area contributed by atoms with E-state index < -0.39 is 0 Å². The normalized spacial score (nSPS) is 11.7. The van der Waals surface area contributed by atoms with Crippen LogP contribution >= 0.6 is 11.3 Å². The van der Waals surface area contributed by atoms with Gasteiger partial charge in [0.1, 0.15) is 0 Å². The molecule has 0 saturated heterocycles. The van der Waals surface area contributed by atoms with E-state index in [0.717, 1.165) is 5.56 Å². The molecule has 0 fully saturated rings. The first-order valence-corrected chi connectivity index (χ1v) is 8.47. The first kappa shape index (κ1) is 17.1. The van der Waals surface area contributed by atoms with Crippen molar-refractivity contribution in [3.8, 4) is 0 Å². The Morgan fingerprint density at radius 1 is 1.26 bits per heavy atom. The molecule has 1 N–H and O–H groups in total. The molecule has 1 unspecified atom stereocenters. The van der Waals surface area contributed by atoms with Crippen LogP contribution in [0.4, 0.5) is 5.13 Å². The number of nitrogens with zero attached hydrogens (tertiary/aromatic N) is 1. The number of amides is 1. The first-order chi connectivity index (χ1) is 11.1. The fourth-order valence-electron chi connectivity index (χ4n) is 2.26. The van der Waals surface area contributed by atoms with Crippen molar-refractivity contribution in [2.75, 3.05) is 11.9 Å². The highest BCUT2D eigenvalue weighted by Gasteiger charge is 2.19. The molecule has 0 aliphatic rings. The number of carbonyl (C=O) groups is 2. The van der Waals surface area contributed by atoms with Gasteiger partial charge in [0.25, 0.3) is 0 Å². The van der Waals surface area contributed by atoms with Gasteiger partial charge < -0.3 is 10.1 Å². The largest absolute Gasteiger partial charge is 0.466 e. The van der Waals surface area contributed by atoms with Crippen LogP contribution in [-0.4, -0.2) is 23.5 Å². The van der Waals surface area contributed by atoms with Crippen LogP contribution in [0.1, 0.15) is 37.4 Å². The van der Waals surface area contributed by atoms with Crippen molar-refractivity contribution in [3.05, 3.63) is 47.0 Å². The van der Waals surface area contributed by atoms with Gasteiger partial charge in [0, 0.05) is 5.38 Å². The SMILES string of the molecule is CCOC(=O)Cc1csc(NC(=O)C(CC)c2ccccc2)n1. The zero-order chi connectivity index (χ0) is 16.7. The first-order valence-electron chi connectivity index (χ1n) is 7.59. The lowest BCUT2D eigenvalue weighted by Crippen LogP contribution is -2.20. The summed E-state index contributed by atoms with van der Waals surface area (Å²) >= 11 is 1.31. The van der Waals surface area contributed by atoms with Crippen LogP contribution in [-0.2, 0) is 20.7 Å². The maximum absolute atomic E-state index is 12.4.